The summed E-state index contributed by atoms with van der Waals surface area (Å²) < 4.78 is 0. The molecule has 2 aromatic heterocycles. The molecule has 3 N–H and O–H groups in total. The van der Waals surface area contributed by atoms with E-state index in [2.05, 4.69) is 41.6 Å². The van der Waals surface area contributed by atoms with Gasteiger partial charge in [0.25, 0.3) is 0 Å². The van der Waals surface area contributed by atoms with Crippen LogP contribution in [0.1, 0.15) is 37.0 Å². The second kappa shape index (κ2) is 7.87. The molecule has 148 valence electrons. The van der Waals surface area contributed by atoms with E-state index in [0.29, 0.717) is 28.7 Å². The molecule has 0 spiro atoms. The summed E-state index contributed by atoms with van der Waals surface area (Å²) in [6.07, 6.45) is 10.1. The molecule has 1 aromatic carbocycles. The fraction of sp³-hybridized carbons (Fsp3) is 0.273. The average molecular weight is 389 g/mol. The molecule has 0 saturated carbocycles. The van der Waals surface area contributed by atoms with Gasteiger partial charge in [0.05, 0.1) is 11.1 Å². The Labute approximate surface area is 168 Å². The number of aromatic carboxylic acids is 1. The molecule has 7 nitrogen and oxygen atoms in total. The minimum absolute atomic E-state index is 0.197. The van der Waals surface area contributed by atoms with Gasteiger partial charge in [0.2, 0.25) is 5.95 Å². The second-order valence-corrected chi connectivity index (χ2v) is 7.24. The number of anilines is 2. The Balaban J connectivity index is 1.89. The van der Waals surface area contributed by atoms with Crippen LogP contribution in [0.5, 0.6) is 0 Å². The fourth-order valence-electron chi connectivity index (χ4n) is 3.39. The van der Waals surface area contributed by atoms with Crippen LogP contribution in [0.2, 0.25) is 0 Å². The maximum atomic E-state index is 11.4. The Morgan fingerprint density at radius 3 is 2.90 bits per heavy atom. The van der Waals surface area contributed by atoms with Crippen LogP contribution in [0.3, 0.4) is 0 Å². The van der Waals surface area contributed by atoms with E-state index in [-0.39, 0.29) is 5.56 Å². The lowest BCUT2D eigenvalue weighted by Gasteiger charge is -2.16. The van der Waals surface area contributed by atoms with Crippen molar-refractivity contribution in [3.8, 4) is 0 Å². The zero-order valence-corrected chi connectivity index (χ0v) is 16.4. The van der Waals surface area contributed by atoms with Crippen LogP contribution in [0.15, 0.2) is 48.3 Å². The topological polar surface area (TPSA) is 100 Å². The van der Waals surface area contributed by atoms with Gasteiger partial charge in [-0.3, -0.25) is 0 Å². The number of nitrogens with zero attached hydrogens (tertiary/aromatic N) is 3. The fourth-order valence-corrected chi connectivity index (χ4v) is 3.39. The molecular formula is C22H23N5O2. The normalized spacial score (nSPS) is 16.1. The van der Waals surface area contributed by atoms with Crippen molar-refractivity contribution in [3.05, 3.63) is 53.9 Å². The number of nitrogens with one attached hydrogen (secondary N) is 2. The largest absolute Gasteiger partial charge is 0.478 e. The summed E-state index contributed by atoms with van der Waals surface area (Å²) in [6.45, 7) is 5.02. The maximum absolute atomic E-state index is 11.4. The van der Waals surface area contributed by atoms with Gasteiger partial charge < -0.3 is 15.7 Å². The number of pyridine rings is 1. The maximum Gasteiger partial charge on any atom is 0.335 e. The molecule has 4 rings (SSSR count). The van der Waals surface area contributed by atoms with Crippen molar-refractivity contribution >= 4 is 39.5 Å². The van der Waals surface area contributed by atoms with Gasteiger partial charge in [-0.05, 0) is 37.0 Å². The van der Waals surface area contributed by atoms with Gasteiger partial charge in [-0.15, -0.1) is 0 Å². The van der Waals surface area contributed by atoms with Gasteiger partial charge in [-0.2, -0.15) is 0 Å². The first kappa shape index (κ1) is 18.9. The van der Waals surface area contributed by atoms with Crippen LogP contribution in [-0.4, -0.2) is 32.6 Å². The second-order valence-electron chi connectivity index (χ2n) is 7.24. The molecule has 1 aliphatic rings. The monoisotopic (exact) mass is 389 g/mol. The molecule has 1 atom stereocenters. The van der Waals surface area contributed by atoms with Crippen LogP contribution >= 0.6 is 0 Å². The van der Waals surface area contributed by atoms with Crippen molar-refractivity contribution in [2.24, 2.45) is 5.92 Å². The van der Waals surface area contributed by atoms with Gasteiger partial charge in [0.15, 0.2) is 5.82 Å². The molecule has 2 heterocycles. The Morgan fingerprint density at radius 1 is 1.28 bits per heavy atom. The summed E-state index contributed by atoms with van der Waals surface area (Å²) in [5.41, 5.74) is 2.43. The predicted molar refractivity (Wildman–Crippen MR) is 115 cm³/mol. The third kappa shape index (κ3) is 3.89. The summed E-state index contributed by atoms with van der Waals surface area (Å²) in [4.78, 5) is 25.2. The first-order valence-corrected chi connectivity index (χ1v) is 9.78. The van der Waals surface area contributed by atoms with Gasteiger partial charge in [-0.25, -0.2) is 19.7 Å². The smallest absolute Gasteiger partial charge is 0.335 e. The average Bonchev–Trinajstić information content (AvgIpc) is 2.72. The summed E-state index contributed by atoms with van der Waals surface area (Å²) >= 11 is 0. The van der Waals surface area contributed by atoms with Gasteiger partial charge in [0.1, 0.15) is 5.52 Å². The van der Waals surface area contributed by atoms with Crippen LogP contribution in [0.4, 0.5) is 11.8 Å². The molecule has 3 aromatic rings. The Bertz CT molecular complexity index is 1150. The van der Waals surface area contributed by atoms with Gasteiger partial charge in [0, 0.05) is 29.2 Å². The Morgan fingerprint density at radius 2 is 2.14 bits per heavy atom. The minimum Gasteiger partial charge on any atom is -0.478 e. The summed E-state index contributed by atoms with van der Waals surface area (Å²) in [5, 5.41) is 17.6. The summed E-state index contributed by atoms with van der Waals surface area (Å²) in [6, 6.07) is 4.93. The predicted octanol–water partition coefficient (Wildman–Crippen LogP) is 4.59. The van der Waals surface area contributed by atoms with Gasteiger partial charge >= 0.3 is 5.97 Å². The highest BCUT2D eigenvalue weighted by Gasteiger charge is 2.15. The SMILES string of the molecule is CCCNc1ncc2c(n1)c(NC1=CC(C)CC=C1)nc1cc(C(=O)O)ccc12. The summed E-state index contributed by atoms with van der Waals surface area (Å²) in [7, 11) is 0. The third-order valence-electron chi connectivity index (χ3n) is 4.85. The molecule has 0 saturated heterocycles. The quantitative estimate of drug-likeness (QED) is 0.530. The van der Waals surface area contributed by atoms with E-state index in [1.807, 2.05) is 6.08 Å². The number of carbonyl (C=O) groups is 1. The number of hydrogen-bond donors (Lipinski definition) is 3. The molecule has 1 aliphatic carbocycles. The molecule has 0 amide bonds. The lowest BCUT2D eigenvalue weighted by Crippen LogP contribution is -2.08. The first-order valence-electron chi connectivity index (χ1n) is 9.78. The van der Waals surface area contributed by atoms with Crippen molar-refractivity contribution < 1.29 is 9.90 Å². The van der Waals surface area contributed by atoms with Crippen LogP contribution in [0.25, 0.3) is 21.8 Å². The van der Waals surface area contributed by atoms with E-state index in [1.54, 1.807) is 24.4 Å². The lowest BCUT2D eigenvalue weighted by atomic mass is 10.0. The molecule has 0 fully saturated rings. The van der Waals surface area contributed by atoms with Crippen LogP contribution in [0, 0.1) is 5.92 Å². The zero-order valence-electron chi connectivity index (χ0n) is 16.4. The molecule has 0 radical (unpaired) electrons. The van der Waals surface area contributed by atoms with E-state index < -0.39 is 5.97 Å². The van der Waals surface area contributed by atoms with E-state index in [1.165, 1.54) is 0 Å². The van der Waals surface area contributed by atoms with Crippen molar-refractivity contribution in [2.75, 3.05) is 17.2 Å². The molecule has 1 unspecified atom stereocenters. The van der Waals surface area contributed by atoms with Crippen molar-refractivity contribution in [3.63, 3.8) is 0 Å². The van der Waals surface area contributed by atoms with Crippen molar-refractivity contribution in [2.45, 2.75) is 26.7 Å². The van der Waals surface area contributed by atoms with E-state index in [9.17, 15) is 9.90 Å². The van der Waals surface area contributed by atoms with E-state index >= 15 is 0 Å². The van der Waals surface area contributed by atoms with Crippen LogP contribution in [-0.2, 0) is 0 Å². The number of fused-ring (bicyclic) bond motifs is 3. The molecule has 0 aliphatic heterocycles. The van der Waals surface area contributed by atoms with Crippen molar-refractivity contribution in [1.29, 1.82) is 0 Å². The van der Waals surface area contributed by atoms with Crippen molar-refractivity contribution in [1.82, 2.24) is 15.0 Å². The highest BCUT2D eigenvalue weighted by Crippen LogP contribution is 2.30. The Hall–Kier alpha value is -3.48. The number of carboxylic acids is 1. The molecule has 7 heteroatoms. The molecule has 29 heavy (non-hydrogen) atoms. The number of aromatic nitrogens is 3. The zero-order chi connectivity index (χ0) is 20.4. The summed E-state index contributed by atoms with van der Waals surface area (Å²) in [5.74, 6) is 0.587. The molecular weight excluding hydrogens is 366 g/mol. The standard InChI is InChI=1S/C22H23N5O2/c1-3-9-23-22-24-12-17-16-8-7-14(21(28)29)11-18(16)26-20(19(17)27-22)25-15-6-4-5-13(2)10-15/h4,6-8,10-13H,3,5,9H2,1-2H3,(H,25,26)(H,28,29)(H,23,24,27). The number of rotatable bonds is 6. The first-order chi connectivity index (χ1) is 14.0. The number of allylic oxidation sites excluding steroid dienone is 3. The minimum atomic E-state index is -0.981. The lowest BCUT2D eigenvalue weighted by molar-refractivity contribution is 0.0697. The highest BCUT2D eigenvalue weighted by atomic mass is 16.4. The highest BCUT2D eigenvalue weighted by molar-refractivity contribution is 6.09. The third-order valence-corrected chi connectivity index (χ3v) is 4.85. The van der Waals surface area contributed by atoms with Crippen LogP contribution < -0.4 is 10.6 Å². The Kier molecular flexibility index (Phi) is 5.12. The molecule has 0 bridgehead atoms. The van der Waals surface area contributed by atoms with E-state index in [0.717, 1.165) is 35.9 Å². The number of carboxylic acid groups (broad SMARTS) is 1. The van der Waals surface area contributed by atoms with Gasteiger partial charge in [-0.1, -0.05) is 32.1 Å². The van der Waals surface area contributed by atoms with E-state index in [4.69, 9.17) is 9.97 Å². The number of benzene rings is 1. The number of hydrogen-bond acceptors (Lipinski definition) is 6.